The molecule has 2 heterocycles. The molecule has 106 valence electrons. The van der Waals surface area contributed by atoms with Crippen LogP contribution in [0.3, 0.4) is 0 Å². The molecule has 3 rings (SSSR count). The van der Waals surface area contributed by atoms with Gasteiger partial charge in [-0.15, -0.1) is 11.3 Å². The van der Waals surface area contributed by atoms with Crippen LogP contribution in [0.25, 0.3) is 11.8 Å². The lowest BCUT2D eigenvalue weighted by Crippen LogP contribution is -2.16. The number of para-hydroxylation sites is 1. The van der Waals surface area contributed by atoms with Crippen molar-refractivity contribution in [3.8, 4) is 5.75 Å². The number of carbonyl (C=O) groups excluding carboxylic acids is 1. The average Bonchev–Trinajstić information content (AvgIpc) is 3.06. The fraction of sp³-hybridized carbons (Fsp3) is 0.0625. The number of hydrogen-bond donors (Lipinski definition) is 1. The smallest absolute Gasteiger partial charge is 0.255 e. The van der Waals surface area contributed by atoms with Crippen molar-refractivity contribution >= 4 is 44.9 Å². The lowest BCUT2D eigenvalue weighted by molar-refractivity contribution is -0.115. The molecular formula is C16H12BrNO2S. The first kappa shape index (κ1) is 14.1. The Labute approximate surface area is 135 Å². The minimum Gasteiger partial charge on any atom is -0.496 e. The molecule has 2 aromatic rings. The molecule has 0 radical (unpaired) electrons. The predicted octanol–water partition coefficient (Wildman–Crippen LogP) is 4.07. The van der Waals surface area contributed by atoms with Crippen LogP contribution in [0.2, 0.25) is 0 Å². The van der Waals surface area contributed by atoms with Crippen LogP contribution < -0.4 is 10.1 Å². The summed E-state index contributed by atoms with van der Waals surface area (Å²) in [7, 11) is 1.62. The van der Waals surface area contributed by atoms with Crippen molar-refractivity contribution in [1.29, 1.82) is 0 Å². The number of halogens is 1. The van der Waals surface area contributed by atoms with Gasteiger partial charge < -0.3 is 10.1 Å². The first-order valence-corrected chi connectivity index (χ1v) is 7.92. The first-order valence-electron chi connectivity index (χ1n) is 6.31. The topological polar surface area (TPSA) is 38.3 Å². The predicted molar refractivity (Wildman–Crippen MR) is 89.1 cm³/mol. The van der Waals surface area contributed by atoms with Gasteiger partial charge in [0.15, 0.2) is 0 Å². The number of carbonyl (C=O) groups is 1. The molecule has 0 aliphatic carbocycles. The Balaban J connectivity index is 1.97. The van der Waals surface area contributed by atoms with E-state index in [1.807, 2.05) is 48.6 Å². The molecule has 1 aliphatic heterocycles. The molecule has 1 aromatic heterocycles. The Hall–Kier alpha value is -1.85. The number of amides is 1. The van der Waals surface area contributed by atoms with Gasteiger partial charge in [-0.2, -0.15) is 0 Å². The van der Waals surface area contributed by atoms with Gasteiger partial charge in [-0.05, 0) is 52.3 Å². The van der Waals surface area contributed by atoms with Crippen molar-refractivity contribution in [1.82, 2.24) is 5.32 Å². The number of rotatable bonds is 3. The second-order valence-electron chi connectivity index (χ2n) is 4.45. The molecule has 21 heavy (non-hydrogen) atoms. The van der Waals surface area contributed by atoms with Crippen molar-refractivity contribution in [2.45, 2.75) is 0 Å². The second kappa shape index (κ2) is 5.87. The Morgan fingerprint density at radius 3 is 2.76 bits per heavy atom. The van der Waals surface area contributed by atoms with Gasteiger partial charge in [-0.1, -0.05) is 12.1 Å². The van der Waals surface area contributed by atoms with Gasteiger partial charge in [0.05, 0.1) is 16.6 Å². The van der Waals surface area contributed by atoms with Gasteiger partial charge in [0.1, 0.15) is 5.75 Å². The molecule has 0 saturated heterocycles. The van der Waals surface area contributed by atoms with Gasteiger partial charge in [-0.3, -0.25) is 4.79 Å². The highest BCUT2D eigenvalue weighted by atomic mass is 79.9. The summed E-state index contributed by atoms with van der Waals surface area (Å²) < 4.78 is 6.38. The summed E-state index contributed by atoms with van der Waals surface area (Å²) >= 11 is 5.01. The average molecular weight is 362 g/mol. The number of ether oxygens (including phenoxy) is 1. The summed E-state index contributed by atoms with van der Waals surface area (Å²) in [5.41, 5.74) is 2.29. The maximum Gasteiger partial charge on any atom is 0.255 e. The van der Waals surface area contributed by atoms with E-state index in [-0.39, 0.29) is 5.91 Å². The monoisotopic (exact) mass is 361 g/mol. The van der Waals surface area contributed by atoms with Crippen molar-refractivity contribution in [3.05, 3.63) is 62.3 Å². The van der Waals surface area contributed by atoms with Crippen LogP contribution in [0, 0.1) is 0 Å². The minimum absolute atomic E-state index is 0.0968. The fourth-order valence-electron chi connectivity index (χ4n) is 2.13. The number of nitrogens with one attached hydrogen (secondary N) is 1. The number of hydrogen-bond acceptors (Lipinski definition) is 3. The summed E-state index contributed by atoms with van der Waals surface area (Å²) in [6.07, 6.45) is 3.74. The third-order valence-electron chi connectivity index (χ3n) is 3.10. The maximum atomic E-state index is 12.1. The molecule has 0 unspecified atom stereocenters. The van der Waals surface area contributed by atoms with Gasteiger partial charge in [0.2, 0.25) is 0 Å². The van der Waals surface area contributed by atoms with Crippen LogP contribution in [-0.2, 0) is 4.79 Å². The number of methoxy groups -OCH3 is 1. The van der Waals surface area contributed by atoms with Crippen LogP contribution >= 0.6 is 27.3 Å². The van der Waals surface area contributed by atoms with Gasteiger partial charge in [0.25, 0.3) is 5.91 Å². The van der Waals surface area contributed by atoms with E-state index in [1.54, 1.807) is 18.4 Å². The Kier molecular flexibility index (Phi) is 3.94. The zero-order chi connectivity index (χ0) is 14.8. The summed E-state index contributed by atoms with van der Waals surface area (Å²) in [6, 6.07) is 11.6. The fourth-order valence-corrected chi connectivity index (χ4v) is 3.51. The molecule has 1 amide bonds. The summed E-state index contributed by atoms with van der Waals surface area (Å²) in [5.74, 6) is 0.643. The molecule has 0 bridgehead atoms. The van der Waals surface area contributed by atoms with Crippen molar-refractivity contribution < 1.29 is 9.53 Å². The van der Waals surface area contributed by atoms with Crippen molar-refractivity contribution in [2.24, 2.45) is 0 Å². The van der Waals surface area contributed by atoms with Gasteiger partial charge in [-0.25, -0.2) is 0 Å². The standard InChI is InChI=1S/C16H12BrNO2S/c1-20-14-5-3-2-4-12(14)13-9-10(16(19)18-13)8-11-6-7-15(17)21-11/h2-9H,1H3,(H,18,19). The lowest BCUT2D eigenvalue weighted by Gasteiger charge is -2.08. The SMILES string of the molecule is COc1ccccc1C1=CC(=Cc2ccc(Br)s2)C(=O)N1. The van der Waals surface area contributed by atoms with Crippen LogP contribution in [-0.4, -0.2) is 13.0 Å². The van der Waals surface area contributed by atoms with E-state index in [1.165, 1.54) is 0 Å². The Morgan fingerprint density at radius 1 is 1.24 bits per heavy atom. The molecule has 3 nitrogen and oxygen atoms in total. The van der Waals surface area contributed by atoms with E-state index in [9.17, 15) is 4.79 Å². The zero-order valence-corrected chi connectivity index (χ0v) is 13.6. The van der Waals surface area contributed by atoms with E-state index in [0.29, 0.717) is 5.57 Å². The molecule has 1 aromatic carbocycles. The molecular weight excluding hydrogens is 350 g/mol. The largest absolute Gasteiger partial charge is 0.496 e. The van der Waals surface area contributed by atoms with Crippen LogP contribution in [0.1, 0.15) is 10.4 Å². The normalized spacial score (nSPS) is 16.0. The quantitative estimate of drug-likeness (QED) is 0.836. The highest BCUT2D eigenvalue weighted by Gasteiger charge is 2.21. The third-order valence-corrected chi connectivity index (χ3v) is 4.67. The van der Waals surface area contributed by atoms with E-state index in [0.717, 1.165) is 25.7 Å². The Bertz CT molecular complexity index is 761. The number of thiophene rings is 1. The third kappa shape index (κ3) is 2.94. The minimum atomic E-state index is -0.0968. The van der Waals surface area contributed by atoms with E-state index >= 15 is 0 Å². The van der Waals surface area contributed by atoms with E-state index in [4.69, 9.17) is 4.74 Å². The summed E-state index contributed by atoms with van der Waals surface area (Å²) in [4.78, 5) is 13.1. The van der Waals surface area contributed by atoms with Gasteiger partial charge >= 0.3 is 0 Å². The molecule has 0 fully saturated rings. The highest BCUT2D eigenvalue weighted by Crippen LogP contribution is 2.30. The van der Waals surface area contributed by atoms with Crippen molar-refractivity contribution in [3.63, 3.8) is 0 Å². The maximum absolute atomic E-state index is 12.1. The van der Waals surface area contributed by atoms with E-state index in [2.05, 4.69) is 21.2 Å². The molecule has 5 heteroatoms. The summed E-state index contributed by atoms with van der Waals surface area (Å²) in [5, 5.41) is 2.89. The van der Waals surface area contributed by atoms with Crippen LogP contribution in [0.4, 0.5) is 0 Å². The van der Waals surface area contributed by atoms with Crippen molar-refractivity contribution in [2.75, 3.05) is 7.11 Å². The van der Waals surface area contributed by atoms with Gasteiger partial charge in [0, 0.05) is 16.0 Å². The second-order valence-corrected chi connectivity index (χ2v) is 6.95. The molecule has 1 N–H and O–H groups in total. The zero-order valence-electron chi connectivity index (χ0n) is 11.2. The lowest BCUT2D eigenvalue weighted by atomic mass is 10.1. The summed E-state index contributed by atoms with van der Waals surface area (Å²) in [6.45, 7) is 0. The molecule has 0 atom stereocenters. The van der Waals surface area contributed by atoms with Crippen LogP contribution in [0.15, 0.2) is 51.8 Å². The highest BCUT2D eigenvalue weighted by molar-refractivity contribution is 9.11. The van der Waals surface area contributed by atoms with Crippen LogP contribution in [0.5, 0.6) is 5.75 Å². The molecule has 0 spiro atoms. The number of benzene rings is 1. The Morgan fingerprint density at radius 2 is 2.05 bits per heavy atom. The van der Waals surface area contributed by atoms with E-state index < -0.39 is 0 Å². The molecule has 1 aliphatic rings. The molecule has 0 saturated carbocycles. The first-order chi connectivity index (χ1) is 10.2.